The minimum atomic E-state index is -0.492. The van der Waals surface area contributed by atoms with E-state index in [1.807, 2.05) is 0 Å². The number of hydrogen-bond acceptors (Lipinski definition) is 4. The smallest absolute Gasteiger partial charge is 0.273 e. The number of fused-ring (bicyclic) bond motifs is 1. The fourth-order valence-electron chi connectivity index (χ4n) is 1.81. The van der Waals surface area contributed by atoms with Crippen LogP contribution < -0.4 is 0 Å². The first-order chi connectivity index (χ1) is 9.56. The molecule has 100 valence electrons. The van der Waals surface area contributed by atoms with E-state index in [0.717, 1.165) is 0 Å². The maximum Gasteiger partial charge on any atom is 0.273 e. The predicted molar refractivity (Wildman–Crippen MR) is 76.1 cm³/mol. The van der Waals surface area contributed by atoms with Crippen molar-refractivity contribution in [2.75, 3.05) is 0 Å². The van der Waals surface area contributed by atoms with Crippen LogP contribution in [0.2, 0.25) is 10.0 Å². The van der Waals surface area contributed by atoms with Crippen molar-refractivity contribution in [1.29, 1.82) is 0 Å². The van der Waals surface area contributed by atoms with E-state index in [4.69, 9.17) is 27.6 Å². The second kappa shape index (κ2) is 4.77. The summed E-state index contributed by atoms with van der Waals surface area (Å²) in [7, 11) is 0. The summed E-state index contributed by atoms with van der Waals surface area (Å²) in [5, 5.41) is 11.4. The van der Waals surface area contributed by atoms with E-state index in [1.165, 1.54) is 18.2 Å². The van der Waals surface area contributed by atoms with E-state index in [-0.39, 0.29) is 11.6 Å². The molecule has 2 aromatic carbocycles. The standard InChI is InChI=1S/C13H6Cl2N2O3/c14-9-3-1-2-8(12(9)15)13-16-10-5-4-7(17(18)19)6-11(10)20-13/h1-6H. The molecular formula is C13H6Cl2N2O3. The summed E-state index contributed by atoms with van der Waals surface area (Å²) in [6.45, 7) is 0. The Morgan fingerprint density at radius 1 is 1.20 bits per heavy atom. The topological polar surface area (TPSA) is 69.2 Å². The Kier molecular flexibility index (Phi) is 3.08. The van der Waals surface area contributed by atoms with Crippen LogP contribution in [-0.4, -0.2) is 9.91 Å². The Balaban J connectivity index is 2.18. The van der Waals surface area contributed by atoms with Crippen molar-refractivity contribution in [3.63, 3.8) is 0 Å². The number of nitro benzene ring substituents is 1. The van der Waals surface area contributed by atoms with Crippen molar-refractivity contribution in [2.45, 2.75) is 0 Å². The van der Waals surface area contributed by atoms with Crippen molar-refractivity contribution in [1.82, 2.24) is 4.98 Å². The minimum Gasteiger partial charge on any atom is -0.436 e. The van der Waals surface area contributed by atoms with E-state index in [1.54, 1.807) is 18.2 Å². The molecule has 0 spiro atoms. The van der Waals surface area contributed by atoms with Crippen LogP contribution in [0.3, 0.4) is 0 Å². The minimum absolute atomic E-state index is 0.0580. The summed E-state index contributed by atoms with van der Waals surface area (Å²) in [5.74, 6) is 0.271. The number of nitrogens with zero attached hydrogens (tertiary/aromatic N) is 2. The fraction of sp³-hybridized carbons (Fsp3) is 0. The summed E-state index contributed by atoms with van der Waals surface area (Å²) >= 11 is 12.0. The third kappa shape index (κ3) is 2.11. The van der Waals surface area contributed by atoms with Gasteiger partial charge in [0.25, 0.3) is 5.69 Å². The molecular weight excluding hydrogens is 303 g/mol. The molecule has 0 fully saturated rings. The predicted octanol–water partition coefficient (Wildman–Crippen LogP) is 4.71. The lowest BCUT2D eigenvalue weighted by Gasteiger charge is -2.00. The molecule has 0 N–H and O–H groups in total. The van der Waals surface area contributed by atoms with Gasteiger partial charge in [0.15, 0.2) is 5.58 Å². The first-order valence-electron chi connectivity index (χ1n) is 5.55. The highest BCUT2D eigenvalue weighted by atomic mass is 35.5. The number of non-ortho nitro benzene ring substituents is 1. The van der Waals surface area contributed by atoms with Crippen molar-refractivity contribution in [3.8, 4) is 11.5 Å². The number of hydrogen-bond donors (Lipinski definition) is 0. The summed E-state index contributed by atoms with van der Waals surface area (Å²) in [5.41, 5.74) is 1.32. The lowest BCUT2D eigenvalue weighted by molar-refractivity contribution is -0.384. The third-order valence-electron chi connectivity index (χ3n) is 2.76. The molecule has 0 bridgehead atoms. The molecule has 3 aromatic rings. The number of aromatic nitrogens is 1. The molecule has 1 aromatic heterocycles. The maximum atomic E-state index is 10.7. The Morgan fingerprint density at radius 2 is 2.00 bits per heavy atom. The van der Waals surface area contributed by atoms with Crippen molar-refractivity contribution in [3.05, 3.63) is 56.6 Å². The van der Waals surface area contributed by atoms with Gasteiger partial charge in [0.05, 0.1) is 26.6 Å². The van der Waals surface area contributed by atoms with Gasteiger partial charge in [0, 0.05) is 6.07 Å². The molecule has 1 heterocycles. The van der Waals surface area contributed by atoms with Gasteiger partial charge in [-0.2, -0.15) is 0 Å². The van der Waals surface area contributed by atoms with Gasteiger partial charge >= 0.3 is 0 Å². The zero-order valence-electron chi connectivity index (χ0n) is 9.84. The lowest BCUT2D eigenvalue weighted by Crippen LogP contribution is -1.86. The molecule has 20 heavy (non-hydrogen) atoms. The molecule has 0 unspecified atom stereocenters. The molecule has 0 radical (unpaired) electrons. The second-order valence-electron chi connectivity index (χ2n) is 4.03. The molecule has 5 nitrogen and oxygen atoms in total. The zero-order chi connectivity index (χ0) is 14.3. The molecule has 0 amide bonds. The fourth-order valence-corrected chi connectivity index (χ4v) is 2.19. The second-order valence-corrected chi connectivity index (χ2v) is 4.81. The first kappa shape index (κ1) is 12.9. The molecule has 0 atom stereocenters. The largest absolute Gasteiger partial charge is 0.436 e. The summed E-state index contributed by atoms with van der Waals surface area (Å²) in [6.07, 6.45) is 0. The number of benzene rings is 2. The van der Waals surface area contributed by atoms with E-state index in [2.05, 4.69) is 4.98 Å². The first-order valence-corrected chi connectivity index (χ1v) is 6.31. The van der Waals surface area contributed by atoms with Crippen LogP contribution in [0.1, 0.15) is 0 Å². The van der Waals surface area contributed by atoms with E-state index in [0.29, 0.717) is 26.7 Å². The van der Waals surface area contributed by atoms with Gasteiger partial charge in [-0.05, 0) is 18.2 Å². The van der Waals surface area contributed by atoms with Gasteiger partial charge in [-0.1, -0.05) is 29.3 Å². The third-order valence-corrected chi connectivity index (χ3v) is 3.58. The number of oxazole rings is 1. The van der Waals surface area contributed by atoms with Crippen LogP contribution in [0.25, 0.3) is 22.6 Å². The van der Waals surface area contributed by atoms with Crippen molar-refractivity contribution >= 4 is 40.0 Å². The Morgan fingerprint density at radius 3 is 2.75 bits per heavy atom. The van der Waals surface area contributed by atoms with Crippen LogP contribution in [-0.2, 0) is 0 Å². The van der Waals surface area contributed by atoms with Gasteiger partial charge in [0.1, 0.15) is 5.52 Å². The Labute approximate surface area is 122 Å². The molecule has 0 aliphatic carbocycles. The van der Waals surface area contributed by atoms with Crippen LogP contribution in [0.5, 0.6) is 0 Å². The SMILES string of the molecule is O=[N+]([O-])c1ccc2nc(-c3cccc(Cl)c3Cl)oc2c1. The van der Waals surface area contributed by atoms with Crippen LogP contribution in [0, 0.1) is 10.1 Å². The molecule has 0 saturated heterocycles. The molecule has 3 rings (SSSR count). The van der Waals surface area contributed by atoms with E-state index in [9.17, 15) is 10.1 Å². The van der Waals surface area contributed by atoms with Gasteiger partial charge < -0.3 is 4.42 Å². The quantitative estimate of drug-likeness (QED) is 0.508. The highest BCUT2D eigenvalue weighted by molar-refractivity contribution is 6.43. The van der Waals surface area contributed by atoms with Gasteiger partial charge in [0.2, 0.25) is 5.89 Å². The lowest BCUT2D eigenvalue weighted by atomic mass is 10.2. The molecule has 0 aliphatic heterocycles. The zero-order valence-corrected chi connectivity index (χ0v) is 11.4. The molecule has 0 aliphatic rings. The number of halogens is 2. The van der Waals surface area contributed by atoms with Crippen LogP contribution in [0.4, 0.5) is 5.69 Å². The van der Waals surface area contributed by atoms with Gasteiger partial charge in [-0.3, -0.25) is 10.1 Å². The summed E-state index contributed by atoms with van der Waals surface area (Å²) in [4.78, 5) is 14.5. The van der Waals surface area contributed by atoms with E-state index < -0.39 is 4.92 Å². The normalized spacial score (nSPS) is 10.9. The van der Waals surface area contributed by atoms with Crippen LogP contribution >= 0.6 is 23.2 Å². The molecule has 7 heteroatoms. The monoisotopic (exact) mass is 308 g/mol. The van der Waals surface area contributed by atoms with E-state index >= 15 is 0 Å². The average molecular weight is 309 g/mol. The van der Waals surface area contributed by atoms with Gasteiger partial charge in [-0.25, -0.2) is 4.98 Å². The van der Waals surface area contributed by atoms with Crippen molar-refractivity contribution < 1.29 is 9.34 Å². The maximum absolute atomic E-state index is 10.7. The number of nitro groups is 1. The highest BCUT2D eigenvalue weighted by Gasteiger charge is 2.15. The number of rotatable bonds is 2. The van der Waals surface area contributed by atoms with Gasteiger partial charge in [-0.15, -0.1) is 0 Å². The molecule has 0 saturated carbocycles. The highest BCUT2D eigenvalue weighted by Crippen LogP contribution is 2.34. The van der Waals surface area contributed by atoms with Crippen LogP contribution in [0.15, 0.2) is 40.8 Å². The van der Waals surface area contributed by atoms with Crippen molar-refractivity contribution in [2.24, 2.45) is 0 Å². The summed E-state index contributed by atoms with van der Waals surface area (Å²) in [6, 6.07) is 9.31. The Hall–Kier alpha value is -2.11. The Bertz CT molecular complexity index is 830. The summed E-state index contributed by atoms with van der Waals surface area (Å²) < 4.78 is 5.52. The average Bonchev–Trinajstić information content (AvgIpc) is 2.84.